The van der Waals surface area contributed by atoms with Crippen molar-refractivity contribution >= 4 is 5.91 Å². The van der Waals surface area contributed by atoms with Gasteiger partial charge >= 0.3 is 0 Å². The lowest BCUT2D eigenvalue weighted by Gasteiger charge is -2.41. The van der Waals surface area contributed by atoms with E-state index in [-0.39, 0.29) is 11.4 Å². The summed E-state index contributed by atoms with van der Waals surface area (Å²) in [5.74, 6) is 0.115. The molecule has 0 aromatic carbocycles. The highest BCUT2D eigenvalue weighted by Gasteiger charge is 2.35. The monoisotopic (exact) mass is 270 g/mol. The minimum Gasteiger partial charge on any atom is -0.353 e. The van der Waals surface area contributed by atoms with Crippen LogP contribution >= 0.6 is 0 Å². The number of amides is 1. The summed E-state index contributed by atoms with van der Waals surface area (Å²) in [4.78, 5) is 16.8. The van der Waals surface area contributed by atoms with E-state index in [4.69, 9.17) is 0 Å². The van der Waals surface area contributed by atoms with Crippen molar-refractivity contribution in [3.05, 3.63) is 0 Å². The van der Waals surface area contributed by atoms with E-state index in [1.807, 2.05) is 27.9 Å². The molecular weight excluding hydrogens is 240 g/mol. The first kappa shape index (κ1) is 16.4. The molecule has 0 aliphatic carbocycles. The maximum atomic E-state index is 12.4. The van der Waals surface area contributed by atoms with Crippen LogP contribution in [-0.4, -0.2) is 73.6 Å². The fraction of sp³-hybridized carbons (Fsp3) is 0.929. The van der Waals surface area contributed by atoms with Crippen molar-refractivity contribution in [2.45, 2.75) is 38.8 Å². The van der Waals surface area contributed by atoms with E-state index >= 15 is 0 Å². The Labute approximate surface area is 117 Å². The third kappa shape index (κ3) is 4.16. The van der Waals surface area contributed by atoms with Gasteiger partial charge in [0.2, 0.25) is 5.91 Å². The minimum absolute atomic E-state index is 0.0325. The Balaban J connectivity index is 2.56. The molecule has 0 radical (unpaired) electrons. The smallest absolute Gasteiger partial charge is 0.240 e. The van der Waals surface area contributed by atoms with Gasteiger partial charge < -0.3 is 15.5 Å². The van der Waals surface area contributed by atoms with Gasteiger partial charge in [0, 0.05) is 38.3 Å². The second-order valence-electron chi connectivity index (χ2n) is 6.69. The first-order valence-electron chi connectivity index (χ1n) is 7.09. The van der Waals surface area contributed by atoms with Gasteiger partial charge in [-0.1, -0.05) is 0 Å². The number of carbonyl (C=O) groups excluding carboxylic acids is 1. The predicted octanol–water partition coefficient (Wildman–Crippen LogP) is 0.127. The normalized spacial score (nSPS) is 18.7. The maximum Gasteiger partial charge on any atom is 0.240 e. The molecule has 0 atom stereocenters. The molecule has 0 aromatic heterocycles. The lowest BCUT2D eigenvalue weighted by molar-refractivity contribution is -0.132. The first-order valence-corrected chi connectivity index (χ1v) is 7.09. The molecule has 0 saturated carbocycles. The molecule has 1 aliphatic heterocycles. The SMILES string of the molecule is CN(C)C(C)(C)CNC(=O)C(C)(C)N1CCNCC1. The van der Waals surface area contributed by atoms with E-state index in [0.717, 1.165) is 26.2 Å². The van der Waals surface area contributed by atoms with Crippen LogP contribution in [0.4, 0.5) is 0 Å². The number of likely N-dealkylation sites (N-methyl/N-ethyl adjacent to an activating group) is 1. The van der Waals surface area contributed by atoms with Crippen LogP contribution in [0.1, 0.15) is 27.7 Å². The number of piperazine rings is 1. The molecule has 0 spiro atoms. The quantitative estimate of drug-likeness (QED) is 0.745. The highest BCUT2D eigenvalue weighted by atomic mass is 16.2. The average molecular weight is 270 g/mol. The van der Waals surface area contributed by atoms with Gasteiger partial charge in [0.05, 0.1) is 5.54 Å². The number of nitrogens with zero attached hydrogens (tertiary/aromatic N) is 2. The molecule has 0 aromatic rings. The number of hydrogen-bond donors (Lipinski definition) is 2. The van der Waals surface area contributed by atoms with Crippen molar-refractivity contribution in [3.8, 4) is 0 Å². The summed E-state index contributed by atoms with van der Waals surface area (Å²) < 4.78 is 0. The van der Waals surface area contributed by atoms with Crippen LogP contribution in [0.5, 0.6) is 0 Å². The van der Waals surface area contributed by atoms with Crippen molar-refractivity contribution in [1.29, 1.82) is 0 Å². The summed E-state index contributed by atoms with van der Waals surface area (Å²) in [5, 5.41) is 6.42. The molecule has 1 fully saturated rings. The van der Waals surface area contributed by atoms with E-state index < -0.39 is 5.54 Å². The van der Waals surface area contributed by atoms with Gasteiger partial charge in [0.1, 0.15) is 0 Å². The van der Waals surface area contributed by atoms with Gasteiger partial charge in [0.25, 0.3) is 0 Å². The van der Waals surface area contributed by atoms with E-state index in [2.05, 4.69) is 34.3 Å². The topological polar surface area (TPSA) is 47.6 Å². The zero-order valence-corrected chi connectivity index (χ0v) is 13.3. The van der Waals surface area contributed by atoms with Gasteiger partial charge in [-0.2, -0.15) is 0 Å². The Morgan fingerprint density at radius 1 is 1.21 bits per heavy atom. The van der Waals surface area contributed by atoms with Gasteiger partial charge in [-0.15, -0.1) is 0 Å². The van der Waals surface area contributed by atoms with Crippen LogP contribution in [-0.2, 0) is 4.79 Å². The van der Waals surface area contributed by atoms with Crippen LogP contribution in [0, 0.1) is 0 Å². The number of nitrogens with one attached hydrogen (secondary N) is 2. The van der Waals surface area contributed by atoms with Crippen molar-refractivity contribution in [3.63, 3.8) is 0 Å². The summed E-state index contributed by atoms with van der Waals surface area (Å²) in [5.41, 5.74) is -0.473. The second-order valence-corrected chi connectivity index (χ2v) is 6.69. The van der Waals surface area contributed by atoms with Gasteiger partial charge in [0.15, 0.2) is 0 Å². The average Bonchev–Trinajstić information content (AvgIpc) is 2.36. The standard InChI is InChI=1S/C14H30N4O/c1-13(2,17(5)6)11-16-12(19)14(3,4)18-9-7-15-8-10-18/h15H,7-11H2,1-6H3,(H,16,19). The molecule has 5 heteroatoms. The third-order valence-corrected chi connectivity index (χ3v) is 4.36. The Morgan fingerprint density at radius 3 is 2.21 bits per heavy atom. The molecule has 19 heavy (non-hydrogen) atoms. The fourth-order valence-corrected chi connectivity index (χ4v) is 2.04. The van der Waals surface area contributed by atoms with Crippen LogP contribution in [0.15, 0.2) is 0 Å². The van der Waals surface area contributed by atoms with Crippen molar-refractivity contribution < 1.29 is 4.79 Å². The lowest BCUT2D eigenvalue weighted by Crippen LogP contribution is -2.61. The predicted molar refractivity (Wildman–Crippen MR) is 79.3 cm³/mol. The van der Waals surface area contributed by atoms with E-state index in [1.165, 1.54) is 0 Å². The molecule has 1 amide bonds. The Hall–Kier alpha value is -0.650. The van der Waals surface area contributed by atoms with Crippen LogP contribution in [0.2, 0.25) is 0 Å². The highest BCUT2D eigenvalue weighted by molar-refractivity contribution is 5.85. The van der Waals surface area contributed by atoms with Crippen LogP contribution in [0.25, 0.3) is 0 Å². The van der Waals surface area contributed by atoms with Crippen molar-refractivity contribution in [2.24, 2.45) is 0 Å². The molecule has 0 bridgehead atoms. The lowest BCUT2D eigenvalue weighted by atomic mass is 9.98. The Morgan fingerprint density at radius 2 is 1.74 bits per heavy atom. The summed E-state index contributed by atoms with van der Waals surface area (Å²) >= 11 is 0. The highest BCUT2D eigenvalue weighted by Crippen LogP contribution is 2.16. The summed E-state index contributed by atoms with van der Waals surface area (Å²) in [6, 6.07) is 0. The first-order chi connectivity index (χ1) is 8.68. The van der Waals surface area contributed by atoms with E-state index in [0.29, 0.717) is 6.54 Å². The molecular formula is C14H30N4O. The van der Waals surface area contributed by atoms with Crippen molar-refractivity contribution in [1.82, 2.24) is 20.4 Å². The maximum absolute atomic E-state index is 12.4. The Kier molecular flexibility index (Phi) is 5.35. The third-order valence-electron chi connectivity index (χ3n) is 4.36. The van der Waals surface area contributed by atoms with Gasteiger partial charge in [-0.25, -0.2) is 0 Å². The van der Waals surface area contributed by atoms with Crippen molar-refractivity contribution in [2.75, 3.05) is 46.8 Å². The molecule has 1 aliphatic rings. The minimum atomic E-state index is -0.440. The van der Waals surface area contributed by atoms with E-state index in [9.17, 15) is 4.79 Å². The number of carbonyl (C=O) groups is 1. The largest absolute Gasteiger partial charge is 0.353 e. The Bertz CT molecular complexity index is 307. The zero-order chi connectivity index (χ0) is 14.7. The molecule has 1 rings (SSSR count). The second kappa shape index (κ2) is 6.20. The molecule has 1 saturated heterocycles. The number of rotatable bonds is 5. The molecule has 1 heterocycles. The van der Waals surface area contributed by atoms with Crippen LogP contribution in [0.3, 0.4) is 0 Å². The molecule has 2 N–H and O–H groups in total. The summed E-state index contributed by atoms with van der Waals surface area (Å²) in [6.07, 6.45) is 0. The molecule has 112 valence electrons. The summed E-state index contributed by atoms with van der Waals surface area (Å²) in [6.45, 7) is 12.7. The van der Waals surface area contributed by atoms with Crippen LogP contribution < -0.4 is 10.6 Å². The van der Waals surface area contributed by atoms with E-state index in [1.54, 1.807) is 0 Å². The zero-order valence-electron chi connectivity index (χ0n) is 13.3. The van der Waals surface area contributed by atoms with Gasteiger partial charge in [-0.3, -0.25) is 9.69 Å². The molecule has 5 nitrogen and oxygen atoms in total. The fourth-order valence-electron chi connectivity index (χ4n) is 2.04. The summed E-state index contributed by atoms with van der Waals surface area (Å²) in [7, 11) is 4.07. The molecule has 0 unspecified atom stereocenters. The number of hydrogen-bond acceptors (Lipinski definition) is 4. The van der Waals surface area contributed by atoms with Gasteiger partial charge in [-0.05, 0) is 41.8 Å².